The van der Waals surface area contributed by atoms with Crippen LogP contribution in [0.2, 0.25) is 0 Å². The molecule has 1 atom stereocenters. The van der Waals surface area contributed by atoms with E-state index in [4.69, 9.17) is 0 Å². The summed E-state index contributed by atoms with van der Waals surface area (Å²) in [6, 6.07) is 0.639. The molecule has 7 heteroatoms. The number of sulfonamides is 1. The van der Waals surface area contributed by atoms with Crippen molar-refractivity contribution in [3.63, 3.8) is 0 Å². The second-order valence-electron chi connectivity index (χ2n) is 3.25. The first-order chi connectivity index (χ1) is 6.84. The minimum Gasteiger partial charge on any atom is -0.298 e. The standard InChI is InChI=1S/C8H13N3O3S/c1-6(7(2)12)10-15(13,14)8-4-5-9-11(8)3/h4-6,10H,1-3H3. The summed E-state index contributed by atoms with van der Waals surface area (Å²) in [5, 5.41) is 3.79. The molecule has 0 saturated carbocycles. The van der Waals surface area contributed by atoms with Crippen LogP contribution in [0.4, 0.5) is 0 Å². The lowest BCUT2D eigenvalue weighted by atomic mass is 10.3. The molecule has 0 saturated heterocycles. The number of nitrogens with zero attached hydrogens (tertiary/aromatic N) is 2. The first-order valence-electron chi connectivity index (χ1n) is 4.35. The number of carbonyl (C=O) groups is 1. The Bertz CT molecular complexity index is 463. The maximum Gasteiger partial charge on any atom is 0.258 e. The molecule has 0 amide bonds. The van der Waals surface area contributed by atoms with Gasteiger partial charge in [0.1, 0.15) is 5.78 Å². The van der Waals surface area contributed by atoms with Crippen LogP contribution >= 0.6 is 0 Å². The third kappa shape index (κ3) is 2.63. The Balaban J connectivity index is 2.96. The summed E-state index contributed by atoms with van der Waals surface area (Å²) in [4.78, 5) is 10.9. The fourth-order valence-corrected chi connectivity index (χ4v) is 2.39. The summed E-state index contributed by atoms with van der Waals surface area (Å²) in [5.74, 6) is -0.235. The highest BCUT2D eigenvalue weighted by atomic mass is 32.2. The monoisotopic (exact) mass is 231 g/mol. The number of aromatic nitrogens is 2. The second-order valence-corrected chi connectivity index (χ2v) is 4.91. The van der Waals surface area contributed by atoms with Gasteiger partial charge in [-0.05, 0) is 19.9 Å². The molecule has 0 aromatic carbocycles. The van der Waals surface area contributed by atoms with Crippen LogP contribution in [0.3, 0.4) is 0 Å². The van der Waals surface area contributed by atoms with Crippen LogP contribution in [-0.4, -0.2) is 30.0 Å². The first kappa shape index (κ1) is 11.9. The molecule has 1 aromatic rings. The summed E-state index contributed by atoms with van der Waals surface area (Å²) in [7, 11) is -2.14. The Labute approximate surface area is 88.3 Å². The molecule has 84 valence electrons. The fourth-order valence-electron chi connectivity index (χ4n) is 1.00. The van der Waals surface area contributed by atoms with Crippen LogP contribution in [0.1, 0.15) is 13.8 Å². The lowest BCUT2D eigenvalue weighted by Crippen LogP contribution is -2.38. The van der Waals surface area contributed by atoms with Crippen LogP contribution in [0, 0.1) is 0 Å². The Morgan fingerprint density at radius 2 is 2.20 bits per heavy atom. The normalized spacial score (nSPS) is 13.8. The van der Waals surface area contributed by atoms with Crippen molar-refractivity contribution in [1.82, 2.24) is 14.5 Å². The van der Waals surface area contributed by atoms with E-state index in [1.807, 2.05) is 0 Å². The van der Waals surface area contributed by atoms with Gasteiger partial charge < -0.3 is 0 Å². The van der Waals surface area contributed by atoms with Crippen LogP contribution in [-0.2, 0) is 21.9 Å². The average molecular weight is 231 g/mol. The van der Waals surface area contributed by atoms with Gasteiger partial charge in [-0.2, -0.15) is 9.82 Å². The average Bonchev–Trinajstić information content (AvgIpc) is 2.50. The fraction of sp³-hybridized carbons (Fsp3) is 0.500. The van der Waals surface area contributed by atoms with Crippen molar-refractivity contribution in [3.8, 4) is 0 Å². The predicted molar refractivity (Wildman–Crippen MR) is 53.7 cm³/mol. The Hall–Kier alpha value is -1.21. The van der Waals surface area contributed by atoms with Gasteiger partial charge in [-0.3, -0.25) is 9.48 Å². The summed E-state index contributed by atoms with van der Waals surface area (Å²) in [6.45, 7) is 2.83. The minimum absolute atomic E-state index is 0.0376. The first-order valence-corrected chi connectivity index (χ1v) is 5.83. The van der Waals surface area contributed by atoms with Gasteiger partial charge in [-0.1, -0.05) is 0 Å². The number of hydrogen-bond donors (Lipinski definition) is 1. The quantitative estimate of drug-likeness (QED) is 0.769. The summed E-state index contributed by atoms with van der Waals surface area (Å²) in [6.07, 6.45) is 1.38. The van der Waals surface area contributed by atoms with Crippen LogP contribution in [0.25, 0.3) is 0 Å². The van der Waals surface area contributed by atoms with Gasteiger partial charge in [0, 0.05) is 7.05 Å². The smallest absolute Gasteiger partial charge is 0.258 e. The van der Waals surface area contributed by atoms with E-state index in [0.717, 1.165) is 0 Å². The second kappa shape index (κ2) is 4.11. The zero-order valence-electron chi connectivity index (χ0n) is 8.76. The number of ketones is 1. The van der Waals surface area contributed by atoms with E-state index in [2.05, 4.69) is 9.82 Å². The molecular weight excluding hydrogens is 218 g/mol. The number of hydrogen-bond acceptors (Lipinski definition) is 4. The molecule has 0 bridgehead atoms. The lowest BCUT2D eigenvalue weighted by molar-refractivity contribution is -0.118. The van der Waals surface area contributed by atoms with Crippen LogP contribution in [0.5, 0.6) is 0 Å². The Kier molecular flexibility index (Phi) is 3.25. The molecule has 0 fully saturated rings. The van der Waals surface area contributed by atoms with E-state index in [0.29, 0.717) is 0 Å². The number of nitrogens with one attached hydrogen (secondary N) is 1. The molecule has 1 rings (SSSR count). The van der Waals surface area contributed by atoms with E-state index in [1.54, 1.807) is 0 Å². The van der Waals surface area contributed by atoms with Gasteiger partial charge in [0.05, 0.1) is 12.2 Å². The van der Waals surface area contributed by atoms with Gasteiger partial charge in [0.2, 0.25) is 0 Å². The van der Waals surface area contributed by atoms with Gasteiger partial charge in [0.15, 0.2) is 5.03 Å². The molecule has 1 unspecified atom stereocenters. The molecule has 15 heavy (non-hydrogen) atoms. The van der Waals surface area contributed by atoms with Crippen LogP contribution < -0.4 is 4.72 Å². The van der Waals surface area contributed by atoms with Crippen molar-refractivity contribution in [1.29, 1.82) is 0 Å². The Morgan fingerprint density at radius 3 is 2.60 bits per heavy atom. The van der Waals surface area contributed by atoms with Gasteiger partial charge in [0.25, 0.3) is 10.0 Å². The lowest BCUT2D eigenvalue weighted by Gasteiger charge is -2.10. The van der Waals surface area contributed by atoms with Crippen molar-refractivity contribution in [2.75, 3.05) is 0 Å². The van der Waals surface area contributed by atoms with Crippen LogP contribution in [0.15, 0.2) is 17.3 Å². The highest BCUT2D eigenvalue weighted by molar-refractivity contribution is 7.89. The van der Waals surface area contributed by atoms with Gasteiger partial charge in [-0.15, -0.1) is 0 Å². The van der Waals surface area contributed by atoms with Crippen molar-refractivity contribution in [2.45, 2.75) is 24.9 Å². The minimum atomic E-state index is -3.66. The number of aryl methyl sites for hydroxylation is 1. The summed E-state index contributed by atoms with van der Waals surface area (Å²) in [5.41, 5.74) is 0. The number of carbonyl (C=O) groups excluding carboxylic acids is 1. The molecule has 6 nitrogen and oxygen atoms in total. The van der Waals surface area contributed by atoms with Crippen molar-refractivity contribution in [3.05, 3.63) is 12.3 Å². The van der Waals surface area contributed by atoms with Crippen molar-refractivity contribution >= 4 is 15.8 Å². The van der Waals surface area contributed by atoms with E-state index >= 15 is 0 Å². The SMILES string of the molecule is CC(=O)C(C)NS(=O)(=O)c1ccnn1C. The molecule has 1 heterocycles. The molecule has 0 aliphatic heterocycles. The summed E-state index contributed by atoms with van der Waals surface area (Å²) < 4.78 is 26.9. The highest BCUT2D eigenvalue weighted by Crippen LogP contribution is 2.06. The molecule has 0 radical (unpaired) electrons. The van der Waals surface area contributed by atoms with E-state index in [9.17, 15) is 13.2 Å². The van der Waals surface area contributed by atoms with Crippen molar-refractivity contribution < 1.29 is 13.2 Å². The zero-order valence-corrected chi connectivity index (χ0v) is 9.58. The molecule has 0 aliphatic carbocycles. The van der Waals surface area contributed by atoms with E-state index < -0.39 is 16.1 Å². The maximum absolute atomic E-state index is 11.7. The maximum atomic E-state index is 11.7. The molecule has 1 aromatic heterocycles. The molecule has 1 N–H and O–H groups in total. The molecule has 0 aliphatic rings. The third-order valence-electron chi connectivity index (χ3n) is 1.99. The topological polar surface area (TPSA) is 81.1 Å². The van der Waals surface area contributed by atoms with Gasteiger partial charge in [-0.25, -0.2) is 8.42 Å². The molecule has 0 spiro atoms. The predicted octanol–water partition coefficient (Wildman–Crippen LogP) is -0.324. The zero-order chi connectivity index (χ0) is 11.6. The number of rotatable bonds is 4. The molecular formula is C8H13N3O3S. The van der Waals surface area contributed by atoms with E-state index in [1.165, 1.54) is 37.8 Å². The summed E-state index contributed by atoms with van der Waals surface area (Å²) >= 11 is 0. The largest absolute Gasteiger partial charge is 0.298 e. The third-order valence-corrected chi connectivity index (χ3v) is 3.61. The highest BCUT2D eigenvalue weighted by Gasteiger charge is 2.22. The van der Waals surface area contributed by atoms with E-state index in [-0.39, 0.29) is 10.8 Å². The van der Waals surface area contributed by atoms with Crippen molar-refractivity contribution in [2.24, 2.45) is 7.05 Å². The van der Waals surface area contributed by atoms with Gasteiger partial charge >= 0.3 is 0 Å². The Morgan fingerprint density at radius 1 is 1.60 bits per heavy atom. The number of Topliss-reactive ketones (excluding diaryl/α,β-unsaturated/α-hetero) is 1.